The average Bonchev–Trinajstić information content (AvgIpc) is 3.19. The predicted molar refractivity (Wildman–Crippen MR) is 103 cm³/mol. The first-order valence-electron chi connectivity index (χ1n) is 8.12. The second-order valence-corrected chi connectivity index (χ2v) is 6.59. The van der Waals surface area contributed by atoms with Crippen molar-refractivity contribution in [3.8, 4) is 5.75 Å². The third-order valence-corrected chi connectivity index (χ3v) is 4.17. The zero-order valence-corrected chi connectivity index (χ0v) is 15.8. The quantitative estimate of drug-likeness (QED) is 0.590. The second kappa shape index (κ2) is 9.00. The van der Waals surface area contributed by atoms with Crippen LogP contribution in [-0.2, 0) is 11.3 Å². The zero-order chi connectivity index (χ0) is 19.1. The Morgan fingerprint density at radius 2 is 1.78 bits per heavy atom. The molecule has 138 valence electrons. The van der Waals surface area contributed by atoms with Gasteiger partial charge in [-0.25, -0.2) is 4.98 Å². The van der Waals surface area contributed by atoms with Crippen molar-refractivity contribution in [2.45, 2.75) is 6.54 Å². The Bertz CT molecular complexity index is 894. The van der Waals surface area contributed by atoms with Gasteiger partial charge in [-0.3, -0.25) is 20.4 Å². The number of benzene rings is 2. The van der Waals surface area contributed by atoms with E-state index in [1.165, 1.54) is 0 Å². The first-order chi connectivity index (χ1) is 13.1. The normalized spacial score (nSPS) is 10.3. The Morgan fingerprint density at radius 1 is 1.04 bits per heavy atom. The summed E-state index contributed by atoms with van der Waals surface area (Å²) < 4.78 is 8.19. The smallest absolute Gasteiger partial charge is 0.276 e. The molecule has 2 amide bonds. The van der Waals surface area contributed by atoms with Crippen molar-refractivity contribution in [2.75, 3.05) is 6.61 Å². The van der Waals surface area contributed by atoms with Gasteiger partial charge in [-0.15, -0.1) is 0 Å². The van der Waals surface area contributed by atoms with Gasteiger partial charge in [-0.2, -0.15) is 0 Å². The molecule has 3 aromatic rings. The van der Waals surface area contributed by atoms with Gasteiger partial charge in [0.1, 0.15) is 5.75 Å². The molecule has 0 spiro atoms. The van der Waals surface area contributed by atoms with Gasteiger partial charge in [-0.1, -0.05) is 28.1 Å². The summed E-state index contributed by atoms with van der Waals surface area (Å²) in [7, 11) is 0. The third-order valence-electron chi connectivity index (χ3n) is 3.64. The Balaban J connectivity index is 1.44. The number of amides is 2. The van der Waals surface area contributed by atoms with Crippen LogP contribution in [0.1, 0.15) is 15.9 Å². The highest BCUT2D eigenvalue weighted by atomic mass is 79.9. The monoisotopic (exact) mass is 428 g/mol. The van der Waals surface area contributed by atoms with Gasteiger partial charge in [0.05, 0.1) is 6.33 Å². The maximum atomic E-state index is 12.1. The molecule has 0 saturated carbocycles. The molecule has 8 heteroatoms. The van der Waals surface area contributed by atoms with Crippen molar-refractivity contribution in [3.63, 3.8) is 0 Å². The third kappa shape index (κ3) is 5.68. The minimum Gasteiger partial charge on any atom is -0.484 e. The number of aromatic nitrogens is 2. The summed E-state index contributed by atoms with van der Waals surface area (Å²) in [5.74, 6) is -0.294. The number of carbonyl (C=O) groups excluding carboxylic acids is 2. The van der Waals surface area contributed by atoms with Crippen molar-refractivity contribution in [2.24, 2.45) is 0 Å². The minimum atomic E-state index is -0.456. The van der Waals surface area contributed by atoms with E-state index in [4.69, 9.17) is 4.74 Å². The lowest BCUT2D eigenvalue weighted by molar-refractivity contribution is -0.123. The molecule has 0 unspecified atom stereocenters. The molecule has 0 fully saturated rings. The summed E-state index contributed by atoms with van der Waals surface area (Å²) in [6, 6.07) is 14.2. The number of ether oxygens (including phenoxy) is 1. The Morgan fingerprint density at radius 3 is 2.44 bits per heavy atom. The van der Waals surface area contributed by atoms with Gasteiger partial charge < -0.3 is 9.30 Å². The van der Waals surface area contributed by atoms with E-state index in [-0.39, 0.29) is 6.61 Å². The minimum absolute atomic E-state index is 0.203. The van der Waals surface area contributed by atoms with Crippen LogP contribution in [-0.4, -0.2) is 28.0 Å². The summed E-state index contributed by atoms with van der Waals surface area (Å²) in [5.41, 5.74) is 6.18. The molecular formula is C19H17BrN4O3. The molecule has 0 radical (unpaired) electrons. The van der Waals surface area contributed by atoms with Crippen LogP contribution < -0.4 is 15.6 Å². The molecule has 0 aliphatic rings. The molecular weight excluding hydrogens is 412 g/mol. The molecule has 2 N–H and O–H groups in total. The summed E-state index contributed by atoms with van der Waals surface area (Å²) in [6.45, 7) is 0.470. The first-order valence-corrected chi connectivity index (χ1v) is 8.92. The highest BCUT2D eigenvalue weighted by Crippen LogP contribution is 2.15. The Labute approximate surface area is 164 Å². The lowest BCUT2D eigenvalue weighted by Crippen LogP contribution is -2.43. The van der Waals surface area contributed by atoms with E-state index in [9.17, 15) is 9.59 Å². The van der Waals surface area contributed by atoms with Gasteiger partial charge in [0.2, 0.25) is 0 Å². The number of hydrogen-bond acceptors (Lipinski definition) is 4. The average molecular weight is 429 g/mol. The van der Waals surface area contributed by atoms with Gasteiger partial charge in [0.25, 0.3) is 11.8 Å². The number of hydrazine groups is 1. The summed E-state index contributed by atoms with van der Waals surface area (Å²) in [5, 5.41) is 0. The summed E-state index contributed by atoms with van der Waals surface area (Å²) >= 11 is 3.32. The lowest BCUT2D eigenvalue weighted by Gasteiger charge is -2.09. The number of nitrogens with zero attached hydrogens (tertiary/aromatic N) is 2. The highest BCUT2D eigenvalue weighted by molar-refractivity contribution is 9.10. The van der Waals surface area contributed by atoms with E-state index in [0.29, 0.717) is 17.9 Å². The number of hydrogen-bond donors (Lipinski definition) is 2. The molecule has 0 aliphatic heterocycles. The van der Waals surface area contributed by atoms with Crippen molar-refractivity contribution in [1.82, 2.24) is 20.4 Å². The zero-order valence-electron chi connectivity index (χ0n) is 14.3. The van der Waals surface area contributed by atoms with E-state index < -0.39 is 11.8 Å². The van der Waals surface area contributed by atoms with Crippen LogP contribution in [0.25, 0.3) is 0 Å². The molecule has 2 aromatic carbocycles. The molecule has 0 bridgehead atoms. The number of halogens is 1. The molecule has 27 heavy (non-hydrogen) atoms. The van der Waals surface area contributed by atoms with Gasteiger partial charge in [0, 0.05) is 29.0 Å². The SMILES string of the molecule is O=C(COc1ccc(Br)cc1)NNC(=O)c1ccc(Cn2ccnc2)cc1. The van der Waals surface area contributed by atoms with Crippen LogP contribution in [0.3, 0.4) is 0 Å². The number of nitrogens with one attached hydrogen (secondary N) is 2. The lowest BCUT2D eigenvalue weighted by atomic mass is 10.1. The van der Waals surface area contributed by atoms with Gasteiger partial charge in [-0.05, 0) is 42.0 Å². The highest BCUT2D eigenvalue weighted by Gasteiger charge is 2.08. The first kappa shape index (κ1) is 18.7. The van der Waals surface area contributed by atoms with E-state index in [1.807, 2.05) is 35.0 Å². The van der Waals surface area contributed by atoms with Crippen molar-refractivity contribution in [3.05, 3.63) is 82.9 Å². The Kier molecular flexibility index (Phi) is 6.22. The van der Waals surface area contributed by atoms with Crippen molar-refractivity contribution >= 4 is 27.7 Å². The summed E-state index contributed by atoms with van der Waals surface area (Å²) in [4.78, 5) is 27.9. The van der Waals surface area contributed by atoms with Crippen LogP contribution in [0.4, 0.5) is 0 Å². The maximum Gasteiger partial charge on any atom is 0.276 e. The molecule has 1 aromatic heterocycles. The van der Waals surface area contributed by atoms with E-state index in [2.05, 4.69) is 31.8 Å². The number of imidazole rings is 1. The van der Waals surface area contributed by atoms with Crippen molar-refractivity contribution in [1.29, 1.82) is 0 Å². The van der Waals surface area contributed by atoms with Crippen LogP contribution in [0, 0.1) is 0 Å². The number of rotatable bonds is 6. The van der Waals surface area contributed by atoms with Crippen LogP contribution in [0.5, 0.6) is 5.75 Å². The van der Waals surface area contributed by atoms with E-state index >= 15 is 0 Å². The summed E-state index contributed by atoms with van der Waals surface area (Å²) in [6.07, 6.45) is 5.31. The topological polar surface area (TPSA) is 85.3 Å². The maximum absolute atomic E-state index is 12.1. The molecule has 0 atom stereocenters. The van der Waals surface area contributed by atoms with Crippen LogP contribution in [0.15, 0.2) is 71.7 Å². The molecule has 0 saturated heterocycles. The predicted octanol–water partition coefficient (Wildman–Crippen LogP) is 2.53. The molecule has 0 aliphatic carbocycles. The molecule has 1 heterocycles. The molecule has 3 rings (SSSR count). The fourth-order valence-corrected chi connectivity index (χ4v) is 2.53. The van der Waals surface area contributed by atoms with Crippen LogP contribution >= 0.6 is 15.9 Å². The van der Waals surface area contributed by atoms with Crippen molar-refractivity contribution < 1.29 is 14.3 Å². The Hall–Kier alpha value is -3.13. The van der Waals surface area contributed by atoms with E-state index in [1.54, 1.807) is 36.8 Å². The number of carbonyl (C=O) groups is 2. The van der Waals surface area contributed by atoms with E-state index in [0.717, 1.165) is 10.0 Å². The largest absolute Gasteiger partial charge is 0.484 e. The van der Waals surface area contributed by atoms with Gasteiger partial charge in [0.15, 0.2) is 6.61 Å². The fourth-order valence-electron chi connectivity index (χ4n) is 2.27. The van der Waals surface area contributed by atoms with Gasteiger partial charge >= 0.3 is 0 Å². The fraction of sp³-hybridized carbons (Fsp3) is 0.105. The molecule has 7 nitrogen and oxygen atoms in total. The van der Waals surface area contributed by atoms with Crippen LogP contribution in [0.2, 0.25) is 0 Å². The second-order valence-electron chi connectivity index (χ2n) is 5.68. The standard InChI is InChI=1S/C19H17BrN4O3/c20-16-5-7-17(8-6-16)27-12-18(25)22-23-19(26)15-3-1-14(2-4-15)11-24-10-9-21-13-24/h1-10,13H,11-12H2,(H,22,25)(H,23,26).